The highest BCUT2D eigenvalue weighted by Gasteiger charge is 2.27. The Balaban J connectivity index is 2.50. The van der Waals surface area contributed by atoms with E-state index in [4.69, 9.17) is 0 Å². The second kappa shape index (κ2) is 12.6. The Morgan fingerprint density at radius 3 is 1.57 bits per heavy atom. The van der Waals surface area contributed by atoms with Crippen LogP contribution in [0.4, 0.5) is 0 Å². The molecular formula is C23H40. The fourth-order valence-corrected chi connectivity index (χ4v) is 3.88. The van der Waals surface area contributed by atoms with E-state index in [9.17, 15) is 0 Å². The van der Waals surface area contributed by atoms with Crippen LogP contribution in [-0.2, 0) is 6.42 Å². The lowest BCUT2D eigenvalue weighted by Crippen LogP contribution is -2.21. The lowest BCUT2D eigenvalue weighted by atomic mass is 9.71. The van der Waals surface area contributed by atoms with Gasteiger partial charge in [-0.2, -0.15) is 0 Å². The van der Waals surface area contributed by atoms with Crippen molar-refractivity contribution in [3.63, 3.8) is 0 Å². The van der Waals surface area contributed by atoms with Gasteiger partial charge >= 0.3 is 0 Å². The van der Waals surface area contributed by atoms with Crippen molar-refractivity contribution in [3.8, 4) is 0 Å². The van der Waals surface area contributed by atoms with Crippen LogP contribution in [0, 0.1) is 5.41 Å². The topological polar surface area (TPSA) is 0 Å². The minimum atomic E-state index is 0.652. The number of hydrogen-bond acceptors (Lipinski definition) is 0. The average Bonchev–Trinajstić information content (AvgIpc) is 2.60. The molecule has 0 saturated carbocycles. The lowest BCUT2D eigenvalue weighted by molar-refractivity contribution is 0.176. The number of aryl methyl sites for hydroxylation is 1. The van der Waals surface area contributed by atoms with E-state index < -0.39 is 0 Å². The van der Waals surface area contributed by atoms with Crippen LogP contribution in [-0.4, -0.2) is 0 Å². The summed E-state index contributed by atoms with van der Waals surface area (Å²) in [6.45, 7) is 7.04. The highest BCUT2D eigenvalue weighted by atomic mass is 14.3. The van der Waals surface area contributed by atoms with E-state index in [1.54, 1.807) is 0 Å². The molecule has 0 bridgehead atoms. The normalized spacial score (nSPS) is 11.8. The molecule has 1 rings (SSSR count). The molecule has 0 aliphatic carbocycles. The zero-order valence-corrected chi connectivity index (χ0v) is 16.1. The maximum Gasteiger partial charge on any atom is -0.0279 e. The summed E-state index contributed by atoms with van der Waals surface area (Å²) in [6, 6.07) is 11.0. The predicted octanol–water partition coefficient (Wildman–Crippen LogP) is 7.96. The van der Waals surface area contributed by atoms with E-state index in [1.807, 2.05) is 0 Å². The van der Waals surface area contributed by atoms with Gasteiger partial charge in [-0.05, 0) is 49.5 Å². The van der Waals surface area contributed by atoms with Gasteiger partial charge in [-0.25, -0.2) is 0 Å². The minimum absolute atomic E-state index is 0.652. The van der Waals surface area contributed by atoms with Crippen molar-refractivity contribution >= 4 is 0 Å². The molecule has 0 fully saturated rings. The molecule has 0 amide bonds. The van der Waals surface area contributed by atoms with Gasteiger partial charge in [0.1, 0.15) is 0 Å². The van der Waals surface area contributed by atoms with Gasteiger partial charge in [0.2, 0.25) is 0 Å². The van der Waals surface area contributed by atoms with E-state index in [0.29, 0.717) is 5.41 Å². The van der Waals surface area contributed by atoms with E-state index in [0.717, 1.165) is 0 Å². The molecule has 1 aromatic rings. The first-order valence-corrected chi connectivity index (χ1v) is 10.3. The third-order valence-electron chi connectivity index (χ3n) is 5.45. The first kappa shape index (κ1) is 20.3. The van der Waals surface area contributed by atoms with Crippen LogP contribution in [0.15, 0.2) is 30.3 Å². The fraction of sp³-hybridized carbons (Fsp3) is 0.739. The van der Waals surface area contributed by atoms with Crippen LogP contribution in [0.3, 0.4) is 0 Å². The molecule has 0 heterocycles. The summed E-state index contributed by atoms with van der Waals surface area (Å²) in [6.07, 6.45) is 18.2. The molecule has 0 aromatic heterocycles. The molecule has 0 radical (unpaired) electrons. The Morgan fingerprint density at radius 1 is 0.609 bits per heavy atom. The van der Waals surface area contributed by atoms with Crippen molar-refractivity contribution in [2.45, 2.75) is 104 Å². The second-order valence-electron chi connectivity index (χ2n) is 7.50. The summed E-state index contributed by atoms with van der Waals surface area (Å²) in [5, 5.41) is 0. The second-order valence-corrected chi connectivity index (χ2v) is 7.50. The van der Waals surface area contributed by atoms with Crippen molar-refractivity contribution < 1.29 is 0 Å². The summed E-state index contributed by atoms with van der Waals surface area (Å²) in [5.74, 6) is 0. The highest BCUT2D eigenvalue weighted by Crippen LogP contribution is 2.41. The highest BCUT2D eigenvalue weighted by molar-refractivity contribution is 5.14. The molecule has 0 N–H and O–H groups in total. The lowest BCUT2D eigenvalue weighted by Gasteiger charge is -2.35. The fourth-order valence-electron chi connectivity index (χ4n) is 3.88. The zero-order valence-electron chi connectivity index (χ0n) is 16.1. The molecule has 0 aliphatic rings. The first-order chi connectivity index (χ1) is 11.3. The average molecular weight is 317 g/mol. The third-order valence-corrected chi connectivity index (χ3v) is 5.45. The molecule has 1 aromatic carbocycles. The molecule has 0 spiro atoms. The molecule has 0 saturated heterocycles. The molecule has 0 aliphatic heterocycles. The standard InChI is InChI=1S/C23H40/c1-4-7-18-23(19-8-5-2,20-9-6-3)21-14-13-17-22-15-11-10-12-16-22/h10-12,15-16H,4-9,13-14,17-21H2,1-3H3. The Kier molecular flexibility index (Phi) is 11.1. The summed E-state index contributed by atoms with van der Waals surface area (Å²) in [7, 11) is 0. The summed E-state index contributed by atoms with van der Waals surface area (Å²) < 4.78 is 0. The Morgan fingerprint density at radius 2 is 1.09 bits per heavy atom. The van der Waals surface area contributed by atoms with Crippen LogP contribution in [0.1, 0.15) is 103 Å². The van der Waals surface area contributed by atoms with Crippen molar-refractivity contribution in [2.24, 2.45) is 5.41 Å². The Hall–Kier alpha value is -0.780. The molecule has 0 nitrogen and oxygen atoms in total. The van der Waals surface area contributed by atoms with Gasteiger partial charge < -0.3 is 0 Å². The van der Waals surface area contributed by atoms with E-state index in [2.05, 4.69) is 51.1 Å². The number of benzene rings is 1. The van der Waals surface area contributed by atoms with Gasteiger partial charge in [-0.3, -0.25) is 0 Å². The molecular weight excluding hydrogens is 276 g/mol. The van der Waals surface area contributed by atoms with Gasteiger partial charge in [0.25, 0.3) is 0 Å². The van der Waals surface area contributed by atoms with Crippen LogP contribution in [0.25, 0.3) is 0 Å². The number of unbranched alkanes of at least 4 members (excludes halogenated alkanes) is 4. The molecule has 132 valence electrons. The maximum atomic E-state index is 2.35. The van der Waals surface area contributed by atoms with Crippen LogP contribution in [0.2, 0.25) is 0 Å². The molecule has 0 atom stereocenters. The van der Waals surface area contributed by atoms with E-state index in [1.165, 1.54) is 89.0 Å². The minimum Gasteiger partial charge on any atom is -0.0654 e. The summed E-state index contributed by atoms with van der Waals surface area (Å²) in [5.41, 5.74) is 2.16. The van der Waals surface area contributed by atoms with Crippen LogP contribution >= 0.6 is 0 Å². The number of rotatable bonds is 14. The molecule has 0 heteroatoms. The first-order valence-electron chi connectivity index (χ1n) is 10.3. The van der Waals surface area contributed by atoms with Gasteiger partial charge in [0, 0.05) is 0 Å². The SMILES string of the molecule is CCCCC(CCCC)(CCCC)CCCCc1ccccc1. The monoisotopic (exact) mass is 316 g/mol. The quantitative estimate of drug-likeness (QED) is 0.305. The van der Waals surface area contributed by atoms with Crippen LogP contribution < -0.4 is 0 Å². The largest absolute Gasteiger partial charge is 0.0654 e. The maximum absolute atomic E-state index is 2.35. The van der Waals surface area contributed by atoms with Crippen molar-refractivity contribution in [3.05, 3.63) is 35.9 Å². The zero-order chi connectivity index (χ0) is 16.8. The van der Waals surface area contributed by atoms with Gasteiger partial charge in [-0.15, -0.1) is 0 Å². The van der Waals surface area contributed by atoms with Gasteiger partial charge in [-0.1, -0.05) is 96.0 Å². The summed E-state index contributed by atoms with van der Waals surface area (Å²) in [4.78, 5) is 0. The van der Waals surface area contributed by atoms with Crippen molar-refractivity contribution in [1.82, 2.24) is 0 Å². The Labute approximate surface area is 146 Å². The van der Waals surface area contributed by atoms with Gasteiger partial charge in [0.15, 0.2) is 0 Å². The van der Waals surface area contributed by atoms with Gasteiger partial charge in [0.05, 0.1) is 0 Å². The van der Waals surface area contributed by atoms with E-state index in [-0.39, 0.29) is 0 Å². The van der Waals surface area contributed by atoms with E-state index >= 15 is 0 Å². The number of hydrogen-bond donors (Lipinski definition) is 0. The molecule has 23 heavy (non-hydrogen) atoms. The van der Waals surface area contributed by atoms with Crippen molar-refractivity contribution in [1.29, 1.82) is 0 Å². The summed E-state index contributed by atoms with van der Waals surface area (Å²) >= 11 is 0. The van der Waals surface area contributed by atoms with Crippen molar-refractivity contribution in [2.75, 3.05) is 0 Å². The van der Waals surface area contributed by atoms with Crippen LogP contribution in [0.5, 0.6) is 0 Å². The Bertz CT molecular complexity index is 343. The smallest absolute Gasteiger partial charge is 0.0279 e. The predicted molar refractivity (Wildman–Crippen MR) is 105 cm³/mol. The third kappa shape index (κ3) is 8.58. The molecule has 0 unspecified atom stereocenters.